The molecule has 0 bridgehead atoms. The number of rotatable bonds is 8. The van der Waals surface area contributed by atoms with Crippen molar-refractivity contribution in [3.05, 3.63) is 71.3 Å². The van der Waals surface area contributed by atoms with Gasteiger partial charge in [0.1, 0.15) is 6.29 Å². The van der Waals surface area contributed by atoms with Gasteiger partial charge in [-0.25, -0.2) is 0 Å². The highest BCUT2D eigenvalue weighted by molar-refractivity contribution is 5.84. The number of benzene rings is 2. The van der Waals surface area contributed by atoms with Gasteiger partial charge in [-0.2, -0.15) is 0 Å². The fourth-order valence-corrected chi connectivity index (χ4v) is 2.39. The second-order valence-corrected chi connectivity index (χ2v) is 5.54. The first-order valence-electron chi connectivity index (χ1n) is 7.64. The first kappa shape index (κ1) is 17.6. The van der Waals surface area contributed by atoms with Crippen LogP contribution < -0.4 is 11.1 Å². The molecule has 1 radical (unpaired) electrons. The molecule has 2 atom stereocenters. The van der Waals surface area contributed by atoms with Crippen molar-refractivity contribution in [3.8, 4) is 0 Å². The molecular formula is C19H19N2O3. The van der Waals surface area contributed by atoms with Gasteiger partial charge in [-0.05, 0) is 23.6 Å². The van der Waals surface area contributed by atoms with Crippen LogP contribution in [-0.4, -0.2) is 30.6 Å². The van der Waals surface area contributed by atoms with E-state index in [1.54, 1.807) is 24.3 Å². The molecule has 2 aromatic carbocycles. The van der Waals surface area contributed by atoms with Crippen LogP contribution in [0.25, 0.3) is 0 Å². The van der Waals surface area contributed by atoms with Crippen LogP contribution in [0.5, 0.6) is 0 Å². The minimum Gasteiger partial charge on any atom is -0.344 e. The third-order valence-electron chi connectivity index (χ3n) is 3.62. The van der Waals surface area contributed by atoms with E-state index in [1.165, 1.54) is 0 Å². The minimum atomic E-state index is -0.804. The molecular weight excluding hydrogens is 304 g/mol. The second kappa shape index (κ2) is 8.74. The standard InChI is InChI=1S/C19H19N2O3/c20-18(11-14-5-2-1-3-6-14)19(24)21-17(13-23)10-15-7-4-8-16(9-15)12-22/h1-9,12,17-18H,10-11,20H2,(H,21,24)/t17-,18-/m0/s1. The Bertz CT molecular complexity index is 701. The molecule has 0 aliphatic rings. The van der Waals surface area contributed by atoms with E-state index in [1.807, 2.05) is 36.6 Å². The molecule has 2 rings (SSSR count). The maximum atomic E-state index is 12.2. The highest BCUT2D eigenvalue weighted by Crippen LogP contribution is 2.07. The molecule has 1 amide bonds. The minimum absolute atomic E-state index is 0.259. The van der Waals surface area contributed by atoms with Crippen molar-refractivity contribution in [1.29, 1.82) is 0 Å². The zero-order valence-corrected chi connectivity index (χ0v) is 13.1. The van der Waals surface area contributed by atoms with Gasteiger partial charge in [-0.1, -0.05) is 48.5 Å². The number of amides is 1. The molecule has 3 N–H and O–H groups in total. The van der Waals surface area contributed by atoms with Crippen LogP contribution in [0.15, 0.2) is 54.6 Å². The van der Waals surface area contributed by atoms with Gasteiger partial charge in [0, 0.05) is 12.0 Å². The van der Waals surface area contributed by atoms with Gasteiger partial charge in [0.2, 0.25) is 12.2 Å². The van der Waals surface area contributed by atoms with Crippen molar-refractivity contribution >= 4 is 18.5 Å². The first-order chi connectivity index (χ1) is 11.6. The van der Waals surface area contributed by atoms with Crippen LogP contribution >= 0.6 is 0 Å². The van der Waals surface area contributed by atoms with Crippen LogP contribution in [-0.2, 0) is 22.4 Å². The molecule has 0 unspecified atom stereocenters. The lowest BCUT2D eigenvalue weighted by Gasteiger charge is -2.16. The Morgan fingerprint density at radius 2 is 1.79 bits per heavy atom. The van der Waals surface area contributed by atoms with Crippen LogP contribution in [0.3, 0.4) is 0 Å². The summed E-state index contributed by atoms with van der Waals surface area (Å²) in [5, 5.41) is 2.60. The van der Waals surface area contributed by atoms with E-state index in [0.717, 1.165) is 17.4 Å². The summed E-state index contributed by atoms with van der Waals surface area (Å²) in [5.74, 6) is -0.404. The monoisotopic (exact) mass is 323 g/mol. The normalized spacial score (nSPS) is 12.9. The van der Waals surface area contributed by atoms with Crippen molar-refractivity contribution in [1.82, 2.24) is 5.32 Å². The van der Waals surface area contributed by atoms with Gasteiger partial charge in [0.05, 0.1) is 12.1 Å². The molecule has 0 aliphatic carbocycles. The molecule has 123 valence electrons. The number of carbonyl (C=O) groups excluding carboxylic acids is 3. The van der Waals surface area contributed by atoms with Gasteiger partial charge >= 0.3 is 0 Å². The fourth-order valence-electron chi connectivity index (χ4n) is 2.39. The summed E-state index contributed by atoms with van der Waals surface area (Å²) in [5.41, 5.74) is 8.14. The van der Waals surface area contributed by atoms with E-state index in [4.69, 9.17) is 5.73 Å². The smallest absolute Gasteiger partial charge is 0.237 e. The van der Waals surface area contributed by atoms with Crippen molar-refractivity contribution in [3.63, 3.8) is 0 Å². The fraction of sp³-hybridized carbons (Fsp3) is 0.211. The van der Waals surface area contributed by atoms with Crippen molar-refractivity contribution < 1.29 is 14.4 Å². The van der Waals surface area contributed by atoms with Crippen LogP contribution in [0.1, 0.15) is 21.5 Å². The summed E-state index contributed by atoms with van der Waals surface area (Å²) in [6.07, 6.45) is 3.19. The second-order valence-electron chi connectivity index (χ2n) is 5.54. The predicted molar refractivity (Wildman–Crippen MR) is 91.3 cm³/mol. The number of nitrogens with two attached hydrogens (primary N) is 1. The Kier molecular flexibility index (Phi) is 6.40. The topological polar surface area (TPSA) is 89.3 Å². The molecule has 0 saturated carbocycles. The zero-order valence-electron chi connectivity index (χ0n) is 13.1. The predicted octanol–water partition coefficient (Wildman–Crippen LogP) is 1.21. The number of nitrogens with one attached hydrogen (secondary N) is 1. The third-order valence-corrected chi connectivity index (χ3v) is 3.62. The summed E-state index contributed by atoms with van der Waals surface area (Å²) in [7, 11) is 0. The lowest BCUT2D eigenvalue weighted by Crippen LogP contribution is -2.47. The molecule has 0 aromatic heterocycles. The van der Waals surface area contributed by atoms with Crippen LogP contribution in [0.4, 0.5) is 0 Å². The molecule has 0 spiro atoms. The molecule has 24 heavy (non-hydrogen) atoms. The Labute approximate surface area is 140 Å². The summed E-state index contributed by atoms with van der Waals surface area (Å²) in [4.78, 5) is 34.1. The lowest BCUT2D eigenvalue weighted by molar-refractivity contribution is -0.122. The highest BCUT2D eigenvalue weighted by Gasteiger charge is 2.19. The van der Waals surface area contributed by atoms with E-state index in [-0.39, 0.29) is 6.42 Å². The van der Waals surface area contributed by atoms with Gasteiger partial charge < -0.3 is 11.1 Å². The van der Waals surface area contributed by atoms with E-state index in [2.05, 4.69) is 5.32 Å². The van der Waals surface area contributed by atoms with Crippen LogP contribution in [0, 0.1) is 0 Å². The van der Waals surface area contributed by atoms with E-state index < -0.39 is 18.0 Å². The Morgan fingerprint density at radius 3 is 2.46 bits per heavy atom. The molecule has 0 fully saturated rings. The maximum absolute atomic E-state index is 12.2. The van der Waals surface area contributed by atoms with Crippen molar-refractivity contribution in [2.75, 3.05) is 0 Å². The Balaban J connectivity index is 1.94. The maximum Gasteiger partial charge on any atom is 0.237 e. The van der Waals surface area contributed by atoms with Gasteiger partial charge in [-0.3, -0.25) is 14.4 Å². The number of hydrogen-bond donors (Lipinski definition) is 2. The van der Waals surface area contributed by atoms with E-state index in [0.29, 0.717) is 12.0 Å². The van der Waals surface area contributed by atoms with Gasteiger partial charge in [-0.15, -0.1) is 0 Å². The average molecular weight is 323 g/mol. The summed E-state index contributed by atoms with van der Waals surface area (Å²) in [6.45, 7) is 0. The molecule has 0 aliphatic heterocycles. The average Bonchev–Trinajstić information content (AvgIpc) is 2.62. The SMILES string of the molecule is N[C@@H](Cc1ccccc1)C(=O)N[C@H]([C]=O)Cc1cccc(C=O)c1. The number of hydrogen-bond acceptors (Lipinski definition) is 4. The first-order valence-corrected chi connectivity index (χ1v) is 7.64. The summed E-state index contributed by atoms with van der Waals surface area (Å²) < 4.78 is 0. The molecule has 0 saturated heterocycles. The Morgan fingerprint density at radius 1 is 1.08 bits per heavy atom. The Hall–Kier alpha value is -2.79. The van der Waals surface area contributed by atoms with E-state index in [9.17, 15) is 14.4 Å². The van der Waals surface area contributed by atoms with Crippen molar-refractivity contribution in [2.24, 2.45) is 5.73 Å². The molecule has 5 heteroatoms. The molecule has 5 nitrogen and oxygen atoms in total. The van der Waals surface area contributed by atoms with Crippen LogP contribution in [0.2, 0.25) is 0 Å². The van der Waals surface area contributed by atoms with Crippen molar-refractivity contribution in [2.45, 2.75) is 24.9 Å². The summed E-state index contributed by atoms with van der Waals surface area (Å²) in [6, 6.07) is 14.7. The van der Waals surface area contributed by atoms with Gasteiger partial charge in [0.15, 0.2) is 0 Å². The lowest BCUT2D eigenvalue weighted by atomic mass is 10.0. The largest absolute Gasteiger partial charge is 0.344 e. The summed E-state index contributed by atoms with van der Waals surface area (Å²) >= 11 is 0. The number of aldehydes is 1. The molecule has 2 aromatic rings. The van der Waals surface area contributed by atoms with Gasteiger partial charge in [0.25, 0.3) is 0 Å². The quantitative estimate of drug-likeness (QED) is 0.715. The molecule has 0 heterocycles. The highest BCUT2D eigenvalue weighted by atomic mass is 16.2. The third kappa shape index (κ3) is 5.14. The zero-order chi connectivity index (χ0) is 17.4. The number of carbonyl (C=O) groups is 2. The van der Waals surface area contributed by atoms with E-state index >= 15 is 0 Å².